The number of rotatable bonds is 3. The Morgan fingerprint density at radius 2 is 1.82 bits per heavy atom. The van der Waals surface area contributed by atoms with Crippen molar-refractivity contribution in [3.8, 4) is 28.3 Å². The smallest absolute Gasteiger partial charge is 0.185 e. The Balaban J connectivity index is 1.82. The van der Waals surface area contributed by atoms with Crippen molar-refractivity contribution < 1.29 is 17.7 Å². The van der Waals surface area contributed by atoms with E-state index in [-0.39, 0.29) is 27.7 Å². The summed E-state index contributed by atoms with van der Waals surface area (Å²) in [7, 11) is 0. The van der Waals surface area contributed by atoms with Crippen molar-refractivity contribution in [2.45, 2.75) is 6.92 Å². The van der Waals surface area contributed by atoms with Gasteiger partial charge in [0.25, 0.3) is 0 Å². The van der Waals surface area contributed by atoms with Crippen molar-refractivity contribution in [1.82, 2.24) is 14.9 Å². The molecular weight excluding hydrogens is 459 g/mol. The molecule has 0 bridgehead atoms. The number of hydrogen-bond acceptors (Lipinski definition) is 3. The maximum Gasteiger partial charge on any atom is 0.185 e. The van der Waals surface area contributed by atoms with Gasteiger partial charge < -0.3 is 4.52 Å². The van der Waals surface area contributed by atoms with Crippen molar-refractivity contribution in [3.63, 3.8) is 0 Å². The van der Waals surface area contributed by atoms with Gasteiger partial charge in [0.05, 0.1) is 38.2 Å². The van der Waals surface area contributed by atoms with Gasteiger partial charge in [-0.05, 0) is 47.1 Å². The Kier molecular flexibility index (Phi) is 4.76. The topological polar surface area (TPSA) is 43.9 Å². The number of nitrogens with zero attached hydrogens (tertiary/aromatic N) is 3. The second-order valence-corrected chi connectivity index (χ2v) is 7.15. The Labute approximate surface area is 170 Å². The first kappa shape index (κ1) is 18.8. The third-order valence-corrected chi connectivity index (χ3v) is 5.23. The molecule has 4 rings (SSSR count). The molecule has 0 spiro atoms. The van der Waals surface area contributed by atoms with E-state index in [4.69, 9.17) is 16.1 Å². The molecule has 0 aliphatic carbocycles. The first-order valence-corrected chi connectivity index (χ1v) is 9.15. The van der Waals surface area contributed by atoms with Crippen LogP contribution in [-0.2, 0) is 0 Å². The molecule has 0 saturated carbocycles. The van der Waals surface area contributed by atoms with Crippen LogP contribution in [0.3, 0.4) is 0 Å². The van der Waals surface area contributed by atoms with Crippen molar-refractivity contribution in [3.05, 3.63) is 75.2 Å². The second-order valence-electron chi connectivity index (χ2n) is 5.95. The molecule has 0 unspecified atom stereocenters. The highest BCUT2D eigenvalue weighted by atomic mass is 79.9. The zero-order chi connectivity index (χ0) is 20.0. The largest absolute Gasteiger partial charge is 0.354 e. The Bertz CT molecular complexity index is 1160. The summed E-state index contributed by atoms with van der Waals surface area (Å²) >= 11 is 9.48. The highest BCUT2D eigenvalue weighted by Crippen LogP contribution is 2.41. The lowest BCUT2D eigenvalue weighted by molar-refractivity contribution is 0.434. The molecule has 0 aliphatic heterocycles. The Hall–Kier alpha value is -2.58. The fourth-order valence-electron chi connectivity index (χ4n) is 2.88. The monoisotopic (exact) mass is 467 g/mol. The summed E-state index contributed by atoms with van der Waals surface area (Å²) in [6.45, 7) is 1.70. The highest BCUT2D eigenvalue weighted by Gasteiger charge is 2.24. The van der Waals surface area contributed by atoms with E-state index in [2.05, 4.69) is 26.2 Å². The summed E-state index contributed by atoms with van der Waals surface area (Å²) in [5.41, 5.74) is 1.58. The lowest BCUT2D eigenvalue weighted by atomic mass is 10.1. The lowest BCUT2D eigenvalue weighted by Gasteiger charge is -2.05. The highest BCUT2D eigenvalue weighted by molar-refractivity contribution is 9.10. The van der Waals surface area contributed by atoms with Crippen LogP contribution in [0.4, 0.5) is 13.2 Å². The van der Waals surface area contributed by atoms with E-state index in [1.165, 1.54) is 23.0 Å². The van der Waals surface area contributed by atoms with Gasteiger partial charge in [-0.1, -0.05) is 22.8 Å². The molecule has 2 heterocycles. The van der Waals surface area contributed by atoms with Crippen molar-refractivity contribution in [2.75, 3.05) is 0 Å². The fourth-order valence-corrected chi connectivity index (χ4v) is 3.69. The van der Waals surface area contributed by atoms with Crippen LogP contribution < -0.4 is 0 Å². The number of benzene rings is 2. The van der Waals surface area contributed by atoms with Crippen LogP contribution >= 0.6 is 27.5 Å². The molecule has 0 amide bonds. The molecule has 0 radical (unpaired) electrons. The zero-order valence-electron chi connectivity index (χ0n) is 14.2. The quantitative estimate of drug-likeness (QED) is 0.353. The summed E-state index contributed by atoms with van der Waals surface area (Å²) in [6.07, 6.45) is 1.47. The molecule has 9 heteroatoms. The molecule has 142 valence electrons. The average molecular weight is 469 g/mol. The second kappa shape index (κ2) is 7.10. The minimum absolute atomic E-state index is 0.100. The summed E-state index contributed by atoms with van der Waals surface area (Å²) in [6, 6.07) is 7.40. The van der Waals surface area contributed by atoms with E-state index in [9.17, 15) is 13.2 Å². The van der Waals surface area contributed by atoms with Gasteiger partial charge in [0, 0.05) is 6.07 Å². The van der Waals surface area contributed by atoms with Gasteiger partial charge >= 0.3 is 0 Å². The molecule has 0 N–H and O–H groups in total. The first-order valence-electron chi connectivity index (χ1n) is 7.98. The summed E-state index contributed by atoms with van der Waals surface area (Å²) in [5.74, 6) is -1.70. The van der Waals surface area contributed by atoms with E-state index in [1.807, 2.05) is 0 Å². The SMILES string of the molecule is Cc1c(-c2onc(-c3c(F)cccc3Cl)c2Br)cnn1-c1cc(F)cc(F)c1. The Morgan fingerprint density at radius 1 is 1.11 bits per heavy atom. The summed E-state index contributed by atoms with van der Waals surface area (Å²) in [4.78, 5) is 0. The molecule has 2 aromatic heterocycles. The molecule has 4 aromatic rings. The minimum atomic E-state index is -0.719. The maximum absolute atomic E-state index is 14.2. The lowest BCUT2D eigenvalue weighted by Crippen LogP contribution is -2.00. The first-order chi connectivity index (χ1) is 13.4. The normalized spacial score (nSPS) is 11.2. The van der Waals surface area contributed by atoms with Crippen molar-refractivity contribution in [1.29, 1.82) is 0 Å². The number of hydrogen-bond donors (Lipinski definition) is 0. The third-order valence-electron chi connectivity index (χ3n) is 4.18. The van der Waals surface area contributed by atoms with Crippen LogP contribution in [0.15, 0.2) is 51.6 Å². The van der Waals surface area contributed by atoms with E-state index in [1.54, 1.807) is 13.0 Å². The van der Waals surface area contributed by atoms with Crippen LogP contribution in [-0.4, -0.2) is 14.9 Å². The molecule has 0 aliphatic rings. The number of halogens is 5. The predicted molar refractivity (Wildman–Crippen MR) is 102 cm³/mol. The number of aromatic nitrogens is 3. The van der Waals surface area contributed by atoms with Gasteiger partial charge in [-0.25, -0.2) is 17.9 Å². The molecule has 0 saturated heterocycles. The van der Waals surface area contributed by atoms with Crippen LogP contribution in [0.2, 0.25) is 5.02 Å². The van der Waals surface area contributed by atoms with E-state index in [0.29, 0.717) is 15.7 Å². The van der Waals surface area contributed by atoms with Gasteiger partial charge in [0.15, 0.2) is 5.76 Å². The van der Waals surface area contributed by atoms with Crippen LogP contribution in [0.5, 0.6) is 0 Å². The third kappa shape index (κ3) is 3.12. The fraction of sp³-hybridized carbons (Fsp3) is 0.0526. The average Bonchev–Trinajstić information content (AvgIpc) is 3.17. The van der Waals surface area contributed by atoms with E-state index >= 15 is 0 Å². The van der Waals surface area contributed by atoms with E-state index in [0.717, 1.165) is 18.2 Å². The molecule has 0 atom stereocenters. The molecule has 28 heavy (non-hydrogen) atoms. The molecular formula is C19H10BrClF3N3O. The van der Waals surface area contributed by atoms with Crippen LogP contribution in [0.25, 0.3) is 28.3 Å². The van der Waals surface area contributed by atoms with Crippen LogP contribution in [0, 0.1) is 24.4 Å². The van der Waals surface area contributed by atoms with Gasteiger partial charge in [0.1, 0.15) is 23.1 Å². The predicted octanol–water partition coefficient (Wildman–Crippen LogP) is 6.34. The van der Waals surface area contributed by atoms with Crippen molar-refractivity contribution >= 4 is 27.5 Å². The van der Waals surface area contributed by atoms with Gasteiger partial charge in [-0.15, -0.1) is 0 Å². The summed E-state index contributed by atoms with van der Waals surface area (Å²) < 4.78 is 48.5. The Morgan fingerprint density at radius 3 is 2.50 bits per heavy atom. The van der Waals surface area contributed by atoms with Crippen molar-refractivity contribution in [2.24, 2.45) is 0 Å². The zero-order valence-corrected chi connectivity index (χ0v) is 16.5. The van der Waals surface area contributed by atoms with Gasteiger partial charge in [-0.3, -0.25) is 0 Å². The molecule has 0 fully saturated rings. The van der Waals surface area contributed by atoms with E-state index < -0.39 is 17.5 Å². The van der Waals surface area contributed by atoms with Crippen LogP contribution in [0.1, 0.15) is 5.69 Å². The standard InChI is InChI=1S/C19H10BrClF3N3O/c1-9-13(8-25-27(9)12-6-10(22)5-11(23)7-12)19-17(20)18(26-28-19)16-14(21)3-2-4-15(16)24/h2-8H,1H3. The van der Waals surface area contributed by atoms with Gasteiger partial charge in [0.2, 0.25) is 0 Å². The van der Waals surface area contributed by atoms with Gasteiger partial charge in [-0.2, -0.15) is 5.10 Å². The molecule has 2 aromatic carbocycles. The minimum Gasteiger partial charge on any atom is -0.354 e. The maximum atomic E-state index is 14.2. The summed E-state index contributed by atoms with van der Waals surface area (Å²) in [5, 5.41) is 8.29. The molecule has 4 nitrogen and oxygen atoms in total.